The highest BCUT2D eigenvalue weighted by Crippen LogP contribution is 2.23. The highest BCUT2D eigenvalue weighted by atomic mass is 16.6. The minimum absolute atomic E-state index is 0.00969. The second-order valence-corrected chi connectivity index (χ2v) is 5.96. The van der Waals surface area contributed by atoms with Crippen LogP contribution >= 0.6 is 0 Å². The largest absolute Gasteiger partial charge is 0.444 e. The van der Waals surface area contributed by atoms with Crippen molar-refractivity contribution in [3.05, 3.63) is 30.1 Å². The predicted molar refractivity (Wildman–Crippen MR) is 82.1 cm³/mol. The summed E-state index contributed by atoms with van der Waals surface area (Å²) in [5, 5.41) is 3.79. The summed E-state index contributed by atoms with van der Waals surface area (Å²) >= 11 is 0. The van der Waals surface area contributed by atoms with Gasteiger partial charge in [0.25, 0.3) is 0 Å². The number of hydrogen-bond acceptors (Lipinski definition) is 4. The van der Waals surface area contributed by atoms with E-state index in [0.717, 1.165) is 16.6 Å². The lowest BCUT2D eigenvalue weighted by molar-refractivity contribution is 0.0525. The van der Waals surface area contributed by atoms with E-state index in [1.54, 1.807) is 6.20 Å². The molecule has 0 saturated heterocycles. The molecule has 21 heavy (non-hydrogen) atoms. The van der Waals surface area contributed by atoms with Crippen molar-refractivity contribution in [3.8, 4) is 0 Å². The Morgan fingerprint density at radius 2 is 2.29 bits per heavy atom. The lowest BCUT2D eigenvalue weighted by Gasteiger charge is -2.21. The maximum absolute atomic E-state index is 11.7. The van der Waals surface area contributed by atoms with Gasteiger partial charge in [0, 0.05) is 36.8 Å². The Labute approximate surface area is 124 Å². The predicted octanol–water partition coefficient (Wildman–Crippen LogP) is 2.13. The topological polar surface area (TPSA) is 93.0 Å². The van der Waals surface area contributed by atoms with Crippen molar-refractivity contribution in [3.63, 3.8) is 0 Å². The van der Waals surface area contributed by atoms with Gasteiger partial charge in [-0.05, 0) is 38.5 Å². The van der Waals surface area contributed by atoms with Crippen LogP contribution in [0.5, 0.6) is 0 Å². The van der Waals surface area contributed by atoms with Gasteiger partial charge < -0.3 is 20.8 Å². The van der Waals surface area contributed by atoms with E-state index in [4.69, 9.17) is 10.5 Å². The van der Waals surface area contributed by atoms with Gasteiger partial charge in [0.15, 0.2) is 0 Å². The van der Waals surface area contributed by atoms with Gasteiger partial charge >= 0.3 is 6.09 Å². The third-order valence-electron chi connectivity index (χ3n) is 3.10. The third kappa shape index (κ3) is 3.95. The molecule has 1 amide bonds. The zero-order chi connectivity index (χ0) is 15.5. The first-order chi connectivity index (χ1) is 9.90. The first-order valence-electron chi connectivity index (χ1n) is 6.99. The summed E-state index contributed by atoms with van der Waals surface area (Å²) in [7, 11) is 0. The second-order valence-electron chi connectivity index (χ2n) is 5.96. The Morgan fingerprint density at radius 3 is 2.95 bits per heavy atom. The van der Waals surface area contributed by atoms with Crippen molar-refractivity contribution in [1.82, 2.24) is 15.3 Å². The van der Waals surface area contributed by atoms with Crippen molar-refractivity contribution in [1.29, 1.82) is 0 Å². The van der Waals surface area contributed by atoms with Crippen molar-refractivity contribution < 1.29 is 9.53 Å². The van der Waals surface area contributed by atoms with Crippen LogP contribution in [-0.4, -0.2) is 34.8 Å². The highest BCUT2D eigenvalue weighted by Gasteiger charge is 2.19. The van der Waals surface area contributed by atoms with E-state index in [-0.39, 0.29) is 5.92 Å². The molecule has 2 aromatic heterocycles. The number of rotatable bonds is 4. The Balaban J connectivity index is 2.05. The number of nitrogens with two attached hydrogens (primary N) is 1. The molecule has 1 atom stereocenters. The number of aromatic amines is 1. The Morgan fingerprint density at radius 1 is 1.52 bits per heavy atom. The zero-order valence-electron chi connectivity index (χ0n) is 12.6. The summed E-state index contributed by atoms with van der Waals surface area (Å²) < 4.78 is 5.23. The van der Waals surface area contributed by atoms with Gasteiger partial charge in [-0.25, -0.2) is 9.78 Å². The second kappa shape index (κ2) is 6.13. The number of carbonyl (C=O) groups is 1. The van der Waals surface area contributed by atoms with E-state index in [1.165, 1.54) is 0 Å². The first-order valence-corrected chi connectivity index (χ1v) is 6.99. The number of ether oxygens (including phenoxy) is 1. The normalized spacial score (nSPS) is 13.1. The lowest BCUT2D eigenvalue weighted by Crippen LogP contribution is -2.36. The summed E-state index contributed by atoms with van der Waals surface area (Å²) in [6.45, 7) is 6.35. The molecule has 0 aliphatic carbocycles. The number of alkyl carbamates (subject to hydrolysis) is 1. The van der Waals surface area contributed by atoms with Gasteiger partial charge in [-0.15, -0.1) is 0 Å². The fraction of sp³-hybridized carbons (Fsp3) is 0.467. The summed E-state index contributed by atoms with van der Waals surface area (Å²) in [5.74, 6) is 0.00969. The number of amides is 1. The third-order valence-corrected chi connectivity index (χ3v) is 3.10. The van der Waals surface area contributed by atoms with Crippen molar-refractivity contribution in [2.24, 2.45) is 5.73 Å². The molecule has 0 aliphatic rings. The minimum atomic E-state index is -0.507. The fourth-order valence-corrected chi connectivity index (χ4v) is 2.16. The molecule has 114 valence electrons. The summed E-state index contributed by atoms with van der Waals surface area (Å²) in [6.07, 6.45) is 3.20. The van der Waals surface area contributed by atoms with Crippen LogP contribution in [0.1, 0.15) is 32.3 Å². The monoisotopic (exact) mass is 290 g/mol. The van der Waals surface area contributed by atoms with Crippen LogP contribution in [0, 0.1) is 0 Å². The standard InChI is InChI=1S/C15H22N4O2/c1-15(2,3)21-14(20)19-8-10(7-16)12-9-18-13-11(12)5-4-6-17-13/h4-6,9-10H,7-8,16H2,1-3H3,(H,17,18)(H,19,20). The molecule has 0 bridgehead atoms. The highest BCUT2D eigenvalue weighted by molar-refractivity contribution is 5.80. The Kier molecular flexibility index (Phi) is 4.47. The molecular formula is C15H22N4O2. The smallest absolute Gasteiger partial charge is 0.407 e. The molecule has 0 saturated carbocycles. The fourth-order valence-electron chi connectivity index (χ4n) is 2.16. The first kappa shape index (κ1) is 15.3. The summed E-state index contributed by atoms with van der Waals surface area (Å²) in [5.41, 5.74) is 7.21. The molecule has 0 radical (unpaired) electrons. The van der Waals surface area contributed by atoms with Gasteiger partial charge in [-0.3, -0.25) is 0 Å². The number of aromatic nitrogens is 2. The molecule has 0 spiro atoms. The van der Waals surface area contributed by atoms with Crippen LogP contribution in [0.2, 0.25) is 0 Å². The number of nitrogens with zero attached hydrogens (tertiary/aromatic N) is 1. The molecule has 0 fully saturated rings. The quantitative estimate of drug-likeness (QED) is 0.804. The molecule has 2 aromatic rings. The zero-order valence-corrected chi connectivity index (χ0v) is 12.6. The average molecular weight is 290 g/mol. The van der Waals surface area contributed by atoms with Gasteiger partial charge in [0.2, 0.25) is 0 Å². The number of fused-ring (bicyclic) bond motifs is 1. The molecule has 6 nitrogen and oxygen atoms in total. The van der Waals surface area contributed by atoms with Gasteiger partial charge in [-0.2, -0.15) is 0 Å². The molecule has 0 aliphatic heterocycles. The van der Waals surface area contributed by atoms with E-state index < -0.39 is 11.7 Å². The Bertz CT molecular complexity index is 615. The SMILES string of the molecule is CC(C)(C)OC(=O)NCC(CN)c1c[nH]c2ncccc12. The van der Waals surface area contributed by atoms with Gasteiger partial charge in [-0.1, -0.05) is 0 Å². The number of pyridine rings is 1. The average Bonchev–Trinajstić information content (AvgIpc) is 2.82. The van der Waals surface area contributed by atoms with Crippen molar-refractivity contribution >= 4 is 17.1 Å². The van der Waals surface area contributed by atoms with Crippen molar-refractivity contribution in [2.75, 3.05) is 13.1 Å². The van der Waals surface area contributed by atoms with Gasteiger partial charge in [0.05, 0.1) is 0 Å². The number of H-pyrrole nitrogens is 1. The number of nitrogens with one attached hydrogen (secondary N) is 2. The summed E-state index contributed by atoms with van der Waals surface area (Å²) in [6, 6.07) is 3.87. The van der Waals surface area contributed by atoms with Crippen LogP contribution in [0.3, 0.4) is 0 Å². The van der Waals surface area contributed by atoms with Gasteiger partial charge in [0.1, 0.15) is 11.2 Å². The lowest BCUT2D eigenvalue weighted by atomic mass is 9.99. The van der Waals surface area contributed by atoms with Crippen LogP contribution < -0.4 is 11.1 Å². The maximum atomic E-state index is 11.7. The van der Waals surface area contributed by atoms with E-state index in [1.807, 2.05) is 39.1 Å². The molecule has 2 heterocycles. The van der Waals surface area contributed by atoms with E-state index in [9.17, 15) is 4.79 Å². The molecular weight excluding hydrogens is 268 g/mol. The minimum Gasteiger partial charge on any atom is -0.444 e. The van der Waals surface area contributed by atoms with Crippen LogP contribution in [0.15, 0.2) is 24.5 Å². The molecule has 4 N–H and O–H groups in total. The van der Waals surface area contributed by atoms with E-state index in [0.29, 0.717) is 13.1 Å². The summed E-state index contributed by atoms with van der Waals surface area (Å²) in [4.78, 5) is 19.1. The number of carbonyl (C=O) groups excluding carboxylic acids is 1. The Hall–Kier alpha value is -2.08. The van der Waals surface area contributed by atoms with Crippen LogP contribution in [0.25, 0.3) is 11.0 Å². The van der Waals surface area contributed by atoms with E-state index in [2.05, 4.69) is 15.3 Å². The van der Waals surface area contributed by atoms with Crippen LogP contribution in [0.4, 0.5) is 4.79 Å². The van der Waals surface area contributed by atoms with Crippen LogP contribution in [-0.2, 0) is 4.74 Å². The van der Waals surface area contributed by atoms with Crippen molar-refractivity contribution in [2.45, 2.75) is 32.3 Å². The maximum Gasteiger partial charge on any atom is 0.407 e. The molecule has 0 aromatic carbocycles. The number of hydrogen-bond donors (Lipinski definition) is 3. The molecule has 2 rings (SSSR count). The molecule has 1 unspecified atom stereocenters. The molecule has 6 heteroatoms. The van der Waals surface area contributed by atoms with E-state index >= 15 is 0 Å².